The van der Waals surface area contributed by atoms with Gasteiger partial charge in [0.15, 0.2) is 17.5 Å². The third-order valence-electron chi connectivity index (χ3n) is 10.6. The highest BCUT2D eigenvalue weighted by Crippen LogP contribution is 2.40. The van der Waals surface area contributed by atoms with Crippen molar-refractivity contribution in [2.75, 3.05) is 0 Å². The van der Waals surface area contributed by atoms with Crippen LogP contribution in [0.15, 0.2) is 182 Å². The molecule has 0 aliphatic carbocycles. The lowest BCUT2D eigenvalue weighted by atomic mass is 9.96. The number of aromatic nitrogens is 4. The summed E-state index contributed by atoms with van der Waals surface area (Å²) >= 11 is 0. The fourth-order valence-electron chi connectivity index (χ4n) is 8.17. The van der Waals surface area contributed by atoms with E-state index in [1.165, 1.54) is 48.5 Å². The Labute approximate surface area is 305 Å². The van der Waals surface area contributed by atoms with Gasteiger partial charge in [0.1, 0.15) is 0 Å². The van der Waals surface area contributed by atoms with Gasteiger partial charge in [-0.15, -0.1) is 0 Å². The van der Waals surface area contributed by atoms with Crippen molar-refractivity contribution in [3.8, 4) is 39.9 Å². The van der Waals surface area contributed by atoms with E-state index in [1.54, 1.807) is 0 Å². The zero-order valence-corrected chi connectivity index (χ0v) is 28.6. The average Bonchev–Trinajstić information content (AvgIpc) is 3.58. The third kappa shape index (κ3) is 4.66. The van der Waals surface area contributed by atoms with E-state index in [9.17, 15) is 0 Å². The van der Waals surface area contributed by atoms with Gasteiger partial charge in [-0.3, -0.25) is 0 Å². The zero-order valence-electron chi connectivity index (χ0n) is 28.6. The summed E-state index contributed by atoms with van der Waals surface area (Å²) in [7, 11) is 0. The molecule has 4 nitrogen and oxygen atoms in total. The van der Waals surface area contributed by atoms with Gasteiger partial charge < -0.3 is 4.57 Å². The van der Waals surface area contributed by atoms with Crippen LogP contribution in [0.4, 0.5) is 0 Å². The number of benzene rings is 9. The quantitative estimate of drug-likeness (QED) is 0.175. The largest absolute Gasteiger partial charge is 0.308 e. The first-order chi connectivity index (χ1) is 26.3. The van der Waals surface area contributed by atoms with Crippen LogP contribution in [-0.4, -0.2) is 19.5 Å². The second-order valence-electron chi connectivity index (χ2n) is 13.6. The summed E-state index contributed by atoms with van der Waals surface area (Å²) in [5.74, 6) is 1.90. The highest BCUT2D eigenvalue weighted by Gasteiger charge is 2.20. The summed E-state index contributed by atoms with van der Waals surface area (Å²) in [4.78, 5) is 15.5. The Balaban J connectivity index is 1.14. The predicted octanol–water partition coefficient (Wildman–Crippen LogP) is 12.6. The number of rotatable bonds is 4. The highest BCUT2D eigenvalue weighted by molar-refractivity contribution is 6.21. The van der Waals surface area contributed by atoms with E-state index in [2.05, 4.69) is 168 Å². The van der Waals surface area contributed by atoms with E-state index in [0.29, 0.717) is 17.5 Å². The summed E-state index contributed by atoms with van der Waals surface area (Å²) in [6.07, 6.45) is 0. The normalized spacial score (nSPS) is 11.8. The SMILES string of the molecule is c1ccc(-c2nc(-c3ccc4c(ccc5c6ccccc6ccc45)c3)nc(-c3ccccc3-n3c4ccccc4c4c5ccccc5ccc43)n2)cc1. The Hall–Kier alpha value is -7.17. The van der Waals surface area contributed by atoms with E-state index < -0.39 is 0 Å². The van der Waals surface area contributed by atoms with Crippen LogP contribution in [0.3, 0.4) is 0 Å². The summed E-state index contributed by atoms with van der Waals surface area (Å²) in [5, 5.41) is 12.3. The van der Waals surface area contributed by atoms with E-state index in [-0.39, 0.29) is 0 Å². The maximum absolute atomic E-state index is 5.25. The molecule has 0 atom stereocenters. The van der Waals surface area contributed by atoms with Crippen molar-refractivity contribution in [1.29, 1.82) is 0 Å². The Bertz CT molecular complexity index is 3230. The van der Waals surface area contributed by atoms with Crippen molar-refractivity contribution in [3.63, 3.8) is 0 Å². The number of nitrogens with zero attached hydrogens (tertiary/aromatic N) is 4. The summed E-state index contributed by atoms with van der Waals surface area (Å²) in [6.45, 7) is 0. The molecule has 2 aromatic heterocycles. The Morgan fingerprint density at radius 2 is 0.887 bits per heavy atom. The molecule has 0 bridgehead atoms. The van der Waals surface area contributed by atoms with Crippen molar-refractivity contribution in [3.05, 3.63) is 182 Å². The van der Waals surface area contributed by atoms with Gasteiger partial charge in [-0.25, -0.2) is 15.0 Å². The smallest absolute Gasteiger partial charge is 0.166 e. The summed E-state index contributed by atoms with van der Waals surface area (Å²) < 4.78 is 2.36. The average molecular weight is 675 g/mol. The van der Waals surface area contributed by atoms with Crippen molar-refractivity contribution in [2.45, 2.75) is 0 Å². The molecule has 4 heteroatoms. The maximum Gasteiger partial charge on any atom is 0.166 e. The molecule has 0 saturated carbocycles. The fraction of sp³-hybridized carbons (Fsp3) is 0. The predicted molar refractivity (Wildman–Crippen MR) is 220 cm³/mol. The first kappa shape index (κ1) is 29.5. The molecule has 53 heavy (non-hydrogen) atoms. The lowest BCUT2D eigenvalue weighted by molar-refractivity contribution is 1.06. The molecule has 0 fully saturated rings. The Morgan fingerprint density at radius 3 is 1.72 bits per heavy atom. The minimum atomic E-state index is 0.626. The van der Waals surface area contributed by atoms with Crippen molar-refractivity contribution in [1.82, 2.24) is 19.5 Å². The summed E-state index contributed by atoms with van der Waals surface area (Å²) in [6, 6.07) is 64.5. The van der Waals surface area contributed by atoms with Crippen LogP contribution < -0.4 is 0 Å². The number of hydrogen-bond acceptors (Lipinski definition) is 3. The van der Waals surface area contributed by atoms with Gasteiger partial charge in [0.25, 0.3) is 0 Å². The monoisotopic (exact) mass is 674 g/mol. The molecule has 0 amide bonds. The van der Waals surface area contributed by atoms with Crippen molar-refractivity contribution >= 4 is 64.9 Å². The lowest BCUT2D eigenvalue weighted by Crippen LogP contribution is -2.03. The minimum Gasteiger partial charge on any atom is -0.308 e. The highest BCUT2D eigenvalue weighted by atomic mass is 15.1. The molecule has 0 spiro atoms. The molecule has 0 N–H and O–H groups in total. The molecule has 11 rings (SSSR count). The molecule has 246 valence electrons. The van der Waals surface area contributed by atoms with E-state index in [1.807, 2.05) is 18.2 Å². The van der Waals surface area contributed by atoms with Crippen molar-refractivity contribution < 1.29 is 0 Å². The number of fused-ring (bicyclic) bond motifs is 10. The van der Waals surface area contributed by atoms with Gasteiger partial charge in [-0.2, -0.15) is 0 Å². The molecule has 0 unspecified atom stereocenters. The number of hydrogen-bond donors (Lipinski definition) is 0. The van der Waals surface area contributed by atoms with Crippen LogP contribution in [0, 0.1) is 0 Å². The van der Waals surface area contributed by atoms with E-state index >= 15 is 0 Å². The van der Waals surface area contributed by atoms with Crippen LogP contribution in [0.1, 0.15) is 0 Å². The molecule has 2 heterocycles. The summed E-state index contributed by atoms with van der Waals surface area (Å²) in [5.41, 5.74) is 6.11. The molecule has 11 aromatic rings. The lowest BCUT2D eigenvalue weighted by Gasteiger charge is -2.15. The van der Waals surface area contributed by atoms with Crippen LogP contribution in [0.25, 0.3) is 105 Å². The Kier molecular flexibility index (Phi) is 6.52. The molecule has 0 saturated heterocycles. The van der Waals surface area contributed by atoms with E-state index in [4.69, 9.17) is 15.0 Å². The van der Waals surface area contributed by atoms with Gasteiger partial charge in [-0.05, 0) is 73.4 Å². The second kappa shape index (κ2) is 11.7. The second-order valence-corrected chi connectivity index (χ2v) is 13.6. The zero-order chi connectivity index (χ0) is 34.9. The molecule has 0 aliphatic heterocycles. The topological polar surface area (TPSA) is 43.6 Å². The molecule has 9 aromatic carbocycles. The van der Waals surface area contributed by atoms with E-state index in [0.717, 1.165) is 38.8 Å². The minimum absolute atomic E-state index is 0.626. The maximum atomic E-state index is 5.25. The van der Waals surface area contributed by atoms with Crippen LogP contribution in [0.5, 0.6) is 0 Å². The molecule has 0 aliphatic rings. The molecular weight excluding hydrogens is 645 g/mol. The van der Waals surface area contributed by atoms with Crippen LogP contribution in [-0.2, 0) is 0 Å². The molecular formula is C49H30N4. The van der Waals surface area contributed by atoms with Crippen LogP contribution >= 0.6 is 0 Å². The van der Waals surface area contributed by atoms with Gasteiger partial charge in [0, 0.05) is 27.5 Å². The third-order valence-corrected chi connectivity index (χ3v) is 10.6. The molecule has 0 radical (unpaired) electrons. The van der Waals surface area contributed by atoms with Crippen molar-refractivity contribution in [2.24, 2.45) is 0 Å². The van der Waals surface area contributed by atoms with Gasteiger partial charge >= 0.3 is 0 Å². The van der Waals surface area contributed by atoms with Gasteiger partial charge in [0.2, 0.25) is 0 Å². The van der Waals surface area contributed by atoms with Gasteiger partial charge in [0.05, 0.1) is 16.7 Å². The standard InChI is InChI=1S/C49H30N4/c1-2-14-33(15-3-1)47-50-48(35-24-26-37-34(30-35)23-28-39-36-16-6-4-12-31(36)22-27-40(37)39)52-49(51-47)42-19-9-11-21-44(42)53-43-20-10-8-18-41(43)46-38-17-7-5-13-32(38)25-29-45(46)53/h1-30H. The number of para-hydroxylation sites is 2. The first-order valence-electron chi connectivity index (χ1n) is 18.0. The Morgan fingerprint density at radius 1 is 0.321 bits per heavy atom. The first-order valence-corrected chi connectivity index (χ1v) is 18.0. The fourth-order valence-corrected chi connectivity index (χ4v) is 8.17. The van der Waals surface area contributed by atoms with Crippen LogP contribution in [0.2, 0.25) is 0 Å². The van der Waals surface area contributed by atoms with Gasteiger partial charge in [-0.1, -0.05) is 152 Å².